The highest BCUT2D eigenvalue weighted by Crippen LogP contribution is 2.25. The van der Waals surface area contributed by atoms with Crippen molar-refractivity contribution < 1.29 is 19.7 Å². The van der Waals surface area contributed by atoms with Crippen LogP contribution in [0.5, 0.6) is 0 Å². The number of rotatable bonds is 8. The predicted octanol–water partition coefficient (Wildman–Crippen LogP) is 7.65. The summed E-state index contributed by atoms with van der Waals surface area (Å²) >= 11 is 5.74. The first-order valence-electron chi connectivity index (χ1n) is 13.4. The second kappa shape index (κ2) is 18.9. The molecule has 16 heteroatoms. The van der Waals surface area contributed by atoms with Gasteiger partial charge >= 0.3 is 0 Å². The minimum absolute atomic E-state index is 0. The van der Waals surface area contributed by atoms with E-state index in [2.05, 4.69) is 20.4 Å². The number of Topliss-reactive ketones (excluding diaryl/α,β-unsaturated/α-hetero) is 1. The lowest BCUT2D eigenvalue weighted by Gasteiger charge is -2.30. The molecule has 2 saturated heterocycles. The van der Waals surface area contributed by atoms with Crippen molar-refractivity contribution in [1.82, 2.24) is 39.6 Å². The summed E-state index contributed by atoms with van der Waals surface area (Å²) in [5.74, 6) is 0.168. The van der Waals surface area contributed by atoms with Crippen LogP contribution in [0, 0.1) is 5.82 Å². The summed E-state index contributed by atoms with van der Waals surface area (Å²) in [6, 6.07) is 10.7. The van der Waals surface area contributed by atoms with Gasteiger partial charge in [-0.15, -0.1) is 12.4 Å². The van der Waals surface area contributed by atoms with E-state index in [0.717, 1.165) is 57.9 Å². The van der Waals surface area contributed by atoms with Crippen molar-refractivity contribution >= 4 is 64.9 Å². The fourth-order valence-corrected chi connectivity index (χ4v) is 4.94. The van der Waals surface area contributed by atoms with Crippen LogP contribution in [-0.2, 0) is 4.79 Å². The Morgan fingerprint density at radius 1 is 0.795 bits per heavy atom. The number of benzene rings is 2. The molecule has 0 bridgehead atoms. The minimum Gasteiger partial charge on any atom is -0.344 e. The predicted molar refractivity (Wildman–Crippen MR) is 186 cm³/mol. The van der Waals surface area contributed by atoms with Gasteiger partial charge in [0.1, 0.15) is 5.82 Å². The van der Waals surface area contributed by atoms with Crippen LogP contribution in [0.25, 0.3) is 0 Å². The molecule has 2 aromatic carbocycles. The first kappa shape index (κ1) is 40.3. The average Bonchev–Trinajstić information content (AvgIpc) is 2.96. The number of amides is 1. The van der Waals surface area contributed by atoms with Gasteiger partial charge < -0.3 is 45.0 Å². The van der Waals surface area contributed by atoms with Crippen molar-refractivity contribution in [3.05, 3.63) is 58.9 Å². The van der Waals surface area contributed by atoms with Crippen LogP contribution in [0.4, 0.5) is 33.6 Å². The van der Waals surface area contributed by atoms with Crippen LogP contribution in [0.2, 0.25) is 5.02 Å². The maximum Gasteiger partial charge on any atom is 0.233 e. The van der Waals surface area contributed by atoms with Gasteiger partial charge in [-0.3, -0.25) is 9.59 Å². The highest BCUT2D eigenvalue weighted by atomic mass is 35.5. The number of nitrogens with one attached hydrogen (secondary N) is 2. The standard InChI is InChI=1S/C28H31ClFN7O2.ClH.4H3N.4H2/c29-20-9-12-23(22(30)17-20)32-25(39)18-24(38)19-7-10-21(11-8-19)31-26-33-27(36-13-3-1-4-14-36)35-28(34-26)37-15-5-2-6-16-37;;;;;;;;;/h7-12,17H,1-6,13-16,18H2,(H,32,39)(H,31,33,34,35);1H;4*1H3;4*1H. The van der Waals surface area contributed by atoms with E-state index in [-0.39, 0.29) is 59.2 Å². The number of hydrogen-bond donors (Lipinski definition) is 6. The van der Waals surface area contributed by atoms with Crippen LogP contribution in [0.3, 0.4) is 0 Å². The van der Waals surface area contributed by atoms with Gasteiger partial charge in [0.15, 0.2) is 5.78 Å². The number of piperidine rings is 2. The Bertz CT molecular complexity index is 1320. The highest BCUT2D eigenvalue weighted by Gasteiger charge is 2.21. The van der Waals surface area contributed by atoms with Crippen molar-refractivity contribution in [1.29, 1.82) is 0 Å². The normalized spacial score (nSPS) is 13.9. The fraction of sp³-hybridized carbons (Fsp3) is 0.393. The van der Waals surface area contributed by atoms with E-state index in [1.54, 1.807) is 24.3 Å². The third-order valence-corrected chi connectivity index (χ3v) is 7.11. The zero-order valence-corrected chi connectivity index (χ0v) is 26.4. The summed E-state index contributed by atoms with van der Waals surface area (Å²) in [5.41, 5.74) is 1.05. The van der Waals surface area contributed by atoms with Crippen molar-refractivity contribution in [2.24, 2.45) is 0 Å². The van der Waals surface area contributed by atoms with Gasteiger partial charge in [-0.25, -0.2) is 4.39 Å². The number of ketones is 1. The van der Waals surface area contributed by atoms with Gasteiger partial charge in [0, 0.05) is 48.2 Å². The zero-order chi connectivity index (χ0) is 27.2. The van der Waals surface area contributed by atoms with E-state index >= 15 is 0 Å². The maximum absolute atomic E-state index is 13.9. The Morgan fingerprint density at radius 2 is 1.32 bits per heavy atom. The molecule has 252 valence electrons. The smallest absolute Gasteiger partial charge is 0.233 e. The summed E-state index contributed by atoms with van der Waals surface area (Å²) < 4.78 is 13.9. The van der Waals surface area contributed by atoms with E-state index in [4.69, 9.17) is 26.6 Å². The molecule has 5 rings (SSSR count). The first-order chi connectivity index (χ1) is 18.9. The van der Waals surface area contributed by atoms with Gasteiger partial charge in [-0.2, -0.15) is 15.0 Å². The lowest BCUT2D eigenvalue weighted by molar-refractivity contribution is -0.115. The van der Waals surface area contributed by atoms with Crippen molar-refractivity contribution in [2.75, 3.05) is 46.6 Å². The summed E-state index contributed by atoms with van der Waals surface area (Å²) in [7, 11) is 0. The van der Waals surface area contributed by atoms with Crippen molar-refractivity contribution in [2.45, 2.75) is 44.9 Å². The molecule has 3 aromatic rings. The summed E-state index contributed by atoms with van der Waals surface area (Å²) in [6.07, 6.45) is 6.50. The lowest BCUT2D eigenvalue weighted by atomic mass is 10.1. The molecular formula is C28H52Cl2FN11O2. The Morgan fingerprint density at radius 3 is 1.82 bits per heavy atom. The monoisotopic (exact) mass is 663 g/mol. The number of carbonyl (C=O) groups excluding carboxylic acids is 2. The number of hydrogen-bond acceptors (Lipinski definition) is 12. The van der Waals surface area contributed by atoms with Crippen LogP contribution < -0.4 is 45.0 Å². The van der Waals surface area contributed by atoms with E-state index < -0.39 is 18.1 Å². The Kier molecular flexibility index (Phi) is 17.3. The SMILES string of the molecule is Cl.N.N.N.N.O=C(CC(=O)c1ccc(Nc2nc(N3CCCCC3)nc(N3CCCCC3)n2)cc1)Nc1ccc(Cl)cc1F.[HH].[HH].[HH].[HH]. The van der Waals surface area contributed by atoms with Gasteiger partial charge in [0.2, 0.25) is 23.8 Å². The second-order valence-corrected chi connectivity index (χ2v) is 10.3. The molecule has 0 spiro atoms. The number of halogens is 3. The molecule has 14 N–H and O–H groups in total. The molecule has 2 aliphatic rings. The summed E-state index contributed by atoms with van der Waals surface area (Å²) in [4.78, 5) is 43.6. The third-order valence-electron chi connectivity index (χ3n) is 6.88. The largest absolute Gasteiger partial charge is 0.344 e. The van der Waals surface area contributed by atoms with E-state index in [1.807, 2.05) is 0 Å². The topological polar surface area (TPSA) is 243 Å². The molecule has 44 heavy (non-hydrogen) atoms. The molecule has 1 aromatic heterocycles. The lowest BCUT2D eigenvalue weighted by Crippen LogP contribution is -2.34. The molecule has 0 saturated carbocycles. The quantitative estimate of drug-likeness (QED) is 0.100. The van der Waals surface area contributed by atoms with Crippen LogP contribution in [0.1, 0.15) is 61.0 Å². The van der Waals surface area contributed by atoms with E-state index in [9.17, 15) is 14.0 Å². The number of carbonyl (C=O) groups is 2. The van der Waals surface area contributed by atoms with Gasteiger partial charge in [-0.1, -0.05) is 11.6 Å². The van der Waals surface area contributed by atoms with Crippen molar-refractivity contribution in [3.63, 3.8) is 0 Å². The molecule has 13 nitrogen and oxygen atoms in total. The highest BCUT2D eigenvalue weighted by molar-refractivity contribution is 6.30. The Hall–Kier alpha value is -3.66. The number of anilines is 5. The molecule has 0 unspecified atom stereocenters. The fourth-order valence-electron chi connectivity index (χ4n) is 4.78. The van der Waals surface area contributed by atoms with E-state index in [0.29, 0.717) is 29.1 Å². The molecule has 2 fully saturated rings. The summed E-state index contributed by atoms with van der Waals surface area (Å²) in [5, 5.41) is 5.89. The van der Waals surface area contributed by atoms with Crippen LogP contribution >= 0.6 is 24.0 Å². The average molecular weight is 665 g/mol. The summed E-state index contributed by atoms with van der Waals surface area (Å²) in [6.45, 7) is 3.71. The maximum atomic E-state index is 13.9. The molecule has 0 aliphatic carbocycles. The Labute approximate surface area is 274 Å². The Balaban J connectivity index is -0.000000685. The molecule has 0 atom stereocenters. The van der Waals surface area contributed by atoms with Crippen LogP contribution in [-0.4, -0.2) is 52.8 Å². The first-order valence-corrected chi connectivity index (χ1v) is 13.7. The molecular weight excluding hydrogens is 612 g/mol. The molecule has 1 amide bonds. The number of nitrogens with zero attached hydrogens (tertiary/aromatic N) is 5. The molecule has 0 radical (unpaired) electrons. The third kappa shape index (κ3) is 10.5. The molecule has 2 aliphatic heterocycles. The van der Waals surface area contributed by atoms with Gasteiger partial charge in [0.25, 0.3) is 0 Å². The van der Waals surface area contributed by atoms with Crippen molar-refractivity contribution in [3.8, 4) is 0 Å². The molecule has 3 heterocycles. The van der Waals surface area contributed by atoms with E-state index in [1.165, 1.54) is 25.0 Å². The van der Waals surface area contributed by atoms with Gasteiger partial charge in [-0.05, 0) is 81.0 Å². The number of aromatic nitrogens is 3. The second-order valence-electron chi connectivity index (χ2n) is 9.83. The minimum atomic E-state index is -0.663. The van der Waals surface area contributed by atoms with Gasteiger partial charge in [0.05, 0.1) is 12.1 Å². The zero-order valence-electron chi connectivity index (χ0n) is 24.9. The van der Waals surface area contributed by atoms with Crippen LogP contribution in [0.15, 0.2) is 42.5 Å².